The topological polar surface area (TPSA) is 12.0 Å². The molecule has 1 saturated heterocycles. The molecule has 2 heteroatoms. The van der Waals surface area contributed by atoms with Crippen molar-refractivity contribution in [2.24, 2.45) is 11.8 Å². The van der Waals surface area contributed by atoms with Crippen molar-refractivity contribution >= 4 is 11.8 Å². The Hall–Kier alpha value is 0.310. The fourth-order valence-corrected chi connectivity index (χ4v) is 4.05. The van der Waals surface area contributed by atoms with Crippen LogP contribution in [0.4, 0.5) is 0 Å². The van der Waals surface area contributed by atoms with Gasteiger partial charge in [0.2, 0.25) is 0 Å². The first-order valence-electron chi connectivity index (χ1n) is 6.10. The average Bonchev–Trinajstić information content (AvgIpc) is 2.72. The highest BCUT2D eigenvalue weighted by atomic mass is 32.2. The molecule has 1 saturated carbocycles. The van der Waals surface area contributed by atoms with Crippen LogP contribution in [0, 0.1) is 11.8 Å². The van der Waals surface area contributed by atoms with E-state index in [9.17, 15) is 0 Å². The highest BCUT2D eigenvalue weighted by Crippen LogP contribution is 2.31. The van der Waals surface area contributed by atoms with Crippen LogP contribution in [-0.4, -0.2) is 23.6 Å². The molecule has 2 fully saturated rings. The number of hydrogen-bond donors (Lipinski definition) is 1. The first kappa shape index (κ1) is 10.8. The van der Waals surface area contributed by atoms with E-state index < -0.39 is 0 Å². The van der Waals surface area contributed by atoms with Crippen LogP contribution >= 0.6 is 11.8 Å². The van der Waals surface area contributed by atoms with Gasteiger partial charge in [0, 0.05) is 11.3 Å². The van der Waals surface area contributed by atoms with Crippen molar-refractivity contribution in [3.8, 4) is 0 Å². The van der Waals surface area contributed by atoms with Gasteiger partial charge in [-0.05, 0) is 43.4 Å². The van der Waals surface area contributed by atoms with E-state index in [0.717, 1.165) is 23.1 Å². The SMILES string of the molecule is CC1CCC(CNC2CCSC2C)C1. The molecule has 0 radical (unpaired) electrons. The van der Waals surface area contributed by atoms with Crippen molar-refractivity contribution in [3.63, 3.8) is 0 Å². The van der Waals surface area contributed by atoms with Gasteiger partial charge in [0.15, 0.2) is 0 Å². The van der Waals surface area contributed by atoms with E-state index in [1.807, 2.05) is 0 Å². The summed E-state index contributed by atoms with van der Waals surface area (Å²) in [4.78, 5) is 0. The van der Waals surface area contributed by atoms with Crippen molar-refractivity contribution < 1.29 is 0 Å². The smallest absolute Gasteiger partial charge is 0.0191 e. The van der Waals surface area contributed by atoms with Gasteiger partial charge in [0.25, 0.3) is 0 Å². The van der Waals surface area contributed by atoms with Gasteiger partial charge in [-0.3, -0.25) is 0 Å². The molecule has 0 aromatic heterocycles. The molecule has 1 aliphatic heterocycles. The lowest BCUT2D eigenvalue weighted by molar-refractivity contribution is 0.421. The largest absolute Gasteiger partial charge is 0.313 e. The van der Waals surface area contributed by atoms with E-state index in [-0.39, 0.29) is 0 Å². The van der Waals surface area contributed by atoms with Crippen LogP contribution in [0.3, 0.4) is 0 Å². The zero-order chi connectivity index (χ0) is 9.97. The summed E-state index contributed by atoms with van der Waals surface area (Å²) in [6, 6.07) is 0.802. The Balaban J connectivity index is 1.67. The first-order valence-corrected chi connectivity index (χ1v) is 7.15. The van der Waals surface area contributed by atoms with Crippen molar-refractivity contribution in [1.29, 1.82) is 0 Å². The van der Waals surface area contributed by atoms with Crippen molar-refractivity contribution in [1.82, 2.24) is 5.32 Å². The minimum atomic E-state index is 0.802. The molecule has 1 aliphatic carbocycles. The lowest BCUT2D eigenvalue weighted by Crippen LogP contribution is -2.36. The highest BCUT2D eigenvalue weighted by molar-refractivity contribution is 8.00. The maximum atomic E-state index is 3.77. The predicted octanol–water partition coefficient (Wildman–Crippen LogP) is 2.91. The molecule has 0 aromatic carbocycles. The summed E-state index contributed by atoms with van der Waals surface area (Å²) in [5.74, 6) is 3.32. The Kier molecular flexibility index (Phi) is 3.78. The third-order valence-electron chi connectivity index (χ3n) is 3.85. The van der Waals surface area contributed by atoms with Crippen LogP contribution in [0.5, 0.6) is 0 Å². The molecule has 4 unspecified atom stereocenters. The van der Waals surface area contributed by atoms with Gasteiger partial charge < -0.3 is 5.32 Å². The Morgan fingerprint density at radius 3 is 2.64 bits per heavy atom. The number of rotatable bonds is 3. The van der Waals surface area contributed by atoms with Gasteiger partial charge >= 0.3 is 0 Å². The summed E-state index contributed by atoms with van der Waals surface area (Å²) in [6.45, 7) is 6.04. The summed E-state index contributed by atoms with van der Waals surface area (Å²) in [5, 5.41) is 4.61. The Bertz CT molecular complexity index is 183. The second-order valence-corrected chi connectivity index (χ2v) is 6.65. The van der Waals surface area contributed by atoms with Crippen LogP contribution in [-0.2, 0) is 0 Å². The maximum absolute atomic E-state index is 3.77. The number of hydrogen-bond acceptors (Lipinski definition) is 2. The zero-order valence-corrected chi connectivity index (χ0v) is 10.3. The fourth-order valence-electron chi connectivity index (χ4n) is 2.83. The van der Waals surface area contributed by atoms with Crippen molar-refractivity contribution in [2.75, 3.05) is 12.3 Å². The highest BCUT2D eigenvalue weighted by Gasteiger charge is 2.26. The molecule has 0 amide bonds. The van der Waals surface area contributed by atoms with Gasteiger partial charge in [0.1, 0.15) is 0 Å². The second kappa shape index (κ2) is 4.89. The Morgan fingerprint density at radius 2 is 2.07 bits per heavy atom. The molecule has 14 heavy (non-hydrogen) atoms. The third kappa shape index (κ3) is 2.66. The fraction of sp³-hybridized carbons (Fsp3) is 1.00. The van der Waals surface area contributed by atoms with E-state index in [1.165, 1.54) is 38.0 Å². The molecule has 2 rings (SSSR count). The Labute approximate surface area is 92.4 Å². The summed E-state index contributed by atoms with van der Waals surface area (Å²) < 4.78 is 0. The number of thioether (sulfide) groups is 1. The van der Waals surface area contributed by atoms with Crippen LogP contribution in [0.1, 0.15) is 39.5 Å². The normalized spacial score (nSPS) is 43.3. The van der Waals surface area contributed by atoms with Crippen LogP contribution in [0.15, 0.2) is 0 Å². The minimum absolute atomic E-state index is 0.802. The molecule has 1 heterocycles. The second-order valence-electron chi connectivity index (χ2n) is 5.16. The lowest BCUT2D eigenvalue weighted by atomic mass is 10.1. The van der Waals surface area contributed by atoms with Gasteiger partial charge in [-0.1, -0.05) is 20.3 Å². The molecule has 0 spiro atoms. The van der Waals surface area contributed by atoms with Gasteiger partial charge in [-0.25, -0.2) is 0 Å². The lowest BCUT2D eigenvalue weighted by Gasteiger charge is -2.19. The Morgan fingerprint density at radius 1 is 1.21 bits per heavy atom. The van der Waals surface area contributed by atoms with E-state index in [1.54, 1.807) is 0 Å². The quantitative estimate of drug-likeness (QED) is 0.773. The third-order valence-corrected chi connectivity index (χ3v) is 5.17. The molecule has 4 atom stereocenters. The van der Waals surface area contributed by atoms with Gasteiger partial charge in [0.05, 0.1) is 0 Å². The monoisotopic (exact) mass is 213 g/mol. The summed E-state index contributed by atoms with van der Waals surface area (Å²) in [6.07, 6.45) is 5.76. The van der Waals surface area contributed by atoms with Crippen LogP contribution < -0.4 is 5.32 Å². The summed E-state index contributed by atoms with van der Waals surface area (Å²) >= 11 is 2.13. The maximum Gasteiger partial charge on any atom is 0.0191 e. The predicted molar refractivity (Wildman–Crippen MR) is 64.8 cm³/mol. The van der Waals surface area contributed by atoms with Crippen LogP contribution in [0.25, 0.3) is 0 Å². The average molecular weight is 213 g/mol. The molecule has 2 aliphatic rings. The summed E-state index contributed by atoms with van der Waals surface area (Å²) in [5.41, 5.74) is 0. The van der Waals surface area contributed by atoms with Gasteiger partial charge in [-0.2, -0.15) is 11.8 Å². The van der Waals surface area contributed by atoms with Crippen molar-refractivity contribution in [3.05, 3.63) is 0 Å². The standard InChI is InChI=1S/C12H23NS/c1-9-3-4-11(7-9)8-13-12-5-6-14-10(12)2/h9-13H,3-8H2,1-2H3. The molecule has 82 valence electrons. The van der Waals surface area contributed by atoms with Gasteiger partial charge in [-0.15, -0.1) is 0 Å². The molecule has 1 nitrogen and oxygen atoms in total. The van der Waals surface area contributed by atoms with Crippen molar-refractivity contribution in [2.45, 2.75) is 50.8 Å². The number of nitrogens with one attached hydrogen (secondary N) is 1. The molecule has 0 aromatic rings. The van der Waals surface area contributed by atoms with E-state index in [4.69, 9.17) is 0 Å². The summed E-state index contributed by atoms with van der Waals surface area (Å²) in [7, 11) is 0. The first-order chi connectivity index (χ1) is 6.75. The minimum Gasteiger partial charge on any atom is -0.313 e. The zero-order valence-electron chi connectivity index (χ0n) is 9.46. The molecular formula is C12H23NS. The molecule has 0 bridgehead atoms. The van der Waals surface area contributed by atoms with E-state index in [0.29, 0.717) is 0 Å². The van der Waals surface area contributed by atoms with E-state index in [2.05, 4.69) is 30.9 Å². The molecular weight excluding hydrogens is 190 g/mol. The van der Waals surface area contributed by atoms with E-state index >= 15 is 0 Å². The molecule has 1 N–H and O–H groups in total. The van der Waals surface area contributed by atoms with Crippen LogP contribution in [0.2, 0.25) is 0 Å².